The van der Waals surface area contributed by atoms with Gasteiger partial charge in [-0.2, -0.15) is 0 Å². The van der Waals surface area contributed by atoms with Crippen molar-refractivity contribution in [2.24, 2.45) is 0 Å². The maximum Gasteiger partial charge on any atom is 0.197 e. The summed E-state index contributed by atoms with van der Waals surface area (Å²) in [5.41, 5.74) is 7.51. The molecular weight excluding hydrogens is 236 g/mol. The van der Waals surface area contributed by atoms with Gasteiger partial charge in [0.05, 0.1) is 6.42 Å². The Morgan fingerprint density at radius 2 is 2.06 bits per heavy atom. The van der Waals surface area contributed by atoms with Crippen molar-refractivity contribution in [3.8, 4) is 5.06 Å². The second kappa shape index (κ2) is 4.55. The number of carbonyl (C=O) groups is 1. The van der Waals surface area contributed by atoms with E-state index in [1.54, 1.807) is 12.1 Å². The molecule has 2 rings (SSSR count). The summed E-state index contributed by atoms with van der Waals surface area (Å²) >= 11 is 0.979. The van der Waals surface area contributed by atoms with Crippen molar-refractivity contribution in [3.63, 3.8) is 0 Å². The normalized spacial score (nSPS) is 10.4. The number of benzene rings is 1. The van der Waals surface area contributed by atoms with Crippen LogP contribution in [0.3, 0.4) is 0 Å². The van der Waals surface area contributed by atoms with Crippen molar-refractivity contribution in [1.29, 1.82) is 0 Å². The number of hydrogen-bond donors (Lipinski definition) is 2. The van der Waals surface area contributed by atoms with Gasteiger partial charge in [0.25, 0.3) is 0 Å². The van der Waals surface area contributed by atoms with Crippen LogP contribution in [0.2, 0.25) is 0 Å². The van der Waals surface area contributed by atoms with Crippen molar-refractivity contribution in [3.05, 3.63) is 41.1 Å². The number of aromatic hydroxyl groups is 1. The Morgan fingerprint density at radius 1 is 1.41 bits per heavy atom. The largest absolute Gasteiger partial charge is 0.498 e. The second-order valence-electron chi connectivity index (χ2n) is 3.77. The van der Waals surface area contributed by atoms with Crippen LogP contribution in [0.5, 0.6) is 5.06 Å². The second-order valence-corrected chi connectivity index (χ2v) is 4.78. The number of anilines is 1. The smallest absolute Gasteiger partial charge is 0.197 e. The third-order valence-corrected chi connectivity index (χ3v) is 3.12. The average Bonchev–Trinajstić information content (AvgIpc) is 2.58. The van der Waals surface area contributed by atoms with E-state index in [-0.39, 0.29) is 22.4 Å². The average molecular weight is 248 g/mol. The predicted octanol–water partition coefficient (Wildman–Crippen LogP) is 2.16. The molecule has 0 saturated heterocycles. The third kappa shape index (κ3) is 2.62. The minimum absolute atomic E-state index is 0.0166. The first kappa shape index (κ1) is 11.6. The molecule has 0 radical (unpaired) electrons. The lowest BCUT2D eigenvalue weighted by molar-refractivity contribution is 0.0991. The zero-order chi connectivity index (χ0) is 12.4. The molecule has 0 bridgehead atoms. The lowest BCUT2D eigenvalue weighted by Gasteiger charge is -2.00. The monoisotopic (exact) mass is 248 g/mol. The van der Waals surface area contributed by atoms with Gasteiger partial charge >= 0.3 is 0 Å². The highest BCUT2D eigenvalue weighted by molar-refractivity contribution is 7.17. The fourth-order valence-electron chi connectivity index (χ4n) is 1.47. The van der Waals surface area contributed by atoms with Gasteiger partial charge in [-0.1, -0.05) is 41.2 Å². The van der Waals surface area contributed by atoms with Gasteiger partial charge in [-0.15, -0.1) is 0 Å². The van der Waals surface area contributed by atoms with E-state index in [0.29, 0.717) is 11.3 Å². The molecule has 4 nitrogen and oxygen atoms in total. The standard InChI is InChI=1S/C12H12N2O2S/c1-7-2-4-8(5-3-7)10(15)6-9-11(16)17-12(13)14-9/h2-5,16H,6H2,1H3,(H2,13,14). The van der Waals surface area contributed by atoms with Crippen LogP contribution in [-0.2, 0) is 6.42 Å². The highest BCUT2D eigenvalue weighted by Crippen LogP contribution is 2.28. The van der Waals surface area contributed by atoms with E-state index in [2.05, 4.69) is 4.98 Å². The number of aromatic nitrogens is 1. The van der Waals surface area contributed by atoms with Gasteiger partial charge in [0.2, 0.25) is 0 Å². The Bertz CT molecular complexity index is 546. The molecule has 0 aliphatic carbocycles. The number of Topliss-reactive ketones (excluding diaryl/α,β-unsaturated/α-hetero) is 1. The molecule has 0 fully saturated rings. The lowest BCUT2D eigenvalue weighted by atomic mass is 10.1. The molecule has 88 valence electrons. The Kier molecular flexibility index (Phi) is 3.10. The predicted molar refractivity (Wildman–Crippen MR) is 67.4 cm³/mol. The molecule has 0 amide bonds. The summed E-state index contributed by atoms with van der Waals surface area (Å²) in [5.74, 6) is -0.0781. The van der Waals surface area contributed by atoms with Crippen LogP contribution in [-0.4, -0.2) is 15.9 Å². The van der Waals surface area contributed by atoms with Gasteiger partial charge in [0.1, 0.15) is 5.69 Å². The highest BCUT2D eigenvalue weighted by atomic mass is 32.1. The lowest BCUT2D eigenvalue weighted by Crippen LogP contribution is -2.04. The molecule has 0 aliphatic rings. The quantitative estimate of drug-likeness (QED) is 0.816. The highest BCUT2D eigenvalue weighted by Gasteiger charge is 2.14. The van der Waals surface area contributed by atoms with Crippen LogP contribution in [0.15, 0.2) is 24.3 Å². The molecule has 5 heteroatoms. The SMILES string of the molecule is Cc1ccc(C(=O)Cc2nc(N)sc2O)cc1. The van der Waals surface area contributed by atoms with E-state index < -0.39 is 0 Å². The van der Waals surface area contributed by atoms with Crippen LogP contribution in [0, 0.1) is 6.92 Å². The van der Waals surface area contributed by atoms with Crippen molar-refractivity contribution < 1.29 is 9.90 Å². The third-order valence-electron chi connectivity index (χ3n) is 2.39. The summed E-state index contributed by atoms with van der Waals surface area (Å²) in [4.78, 5) is 15.8. The zero-order valence-electron chi connectivity index (χ0n) is 9.30. The van der Waals surface area contributed by atoms with E-state index in [1.807, 2.05) is 19.1 Å². The minimum Gasteiger partial charge on any atom is -0.498 e. The topological polar surface area (TPSA) is 76.2 Å². The molecule has 17 heavy (non-hydrogen) atoms. The summed E-state index contributed by atoms with van der Waals surface area (Å²) in [5, 5.41) is 9.78. The molecule has 2 aromatic rings. The summed E-state index contributed by atoms with van der Waals surface area (Å²) in [7, 11) is 0. The van der Waals surface area contributed by atoms with Crippen molar-refractivity contribution in [2.75, 3.05) is 5.73 Å². The first-order chi connectivity index (χ1) is 8.06. The number of thiazole rings is 1. The van der Waals surface area contributed by atoms with Crippen molar-refractivity contribution in [2.45, 2.75) is 13.3 Å². The molecular formula is C12H12N2O2S. The number of aryl methyl sites for hydroxylation is 1. The van der Waals surface area contributed by atoms with Gasteiger partial charge in [-0.3, -0.25) is 4.79 Å². The summed E-state index contributed by atoms with van der Waals surface area (Å²) < 4.78 is 0. The zero-order valence-corrected chi connectivity index (χ0v) is 10.1. The van der Waals surface area contributed by atoms with E-state index >= 15 is 0 Å². The van der Waals surface area contributed by atoms with Crippen LogP contribution < -0.4 is 5.73 Å². The number of ketones is 1. The first-order valence-corrected chi connectivity index (χ1v) is 5.92. The van der Waals surface area contributed by atoms with Crippen molar-refractivity contribution >= 4 is 22.3 Å². The number of rotatable bonds is 3. The fraction of sp³-hybridized carbons (Fsp3) is 0.167. The van der Waals surface area contributed by atoms with Gasteiger partial charge in [0.15, 0.2) is 16.0 Å². The summed E-state index contributed by atoms with van der Waals surface area (Å²) in [6.07, 6.45) is 0.0720. The Labute approximate surface area is 103 Å². The van der Waals surface area contributed by atoms with Crippen LogP contribution in [0.25, 0.3) is 0 Å². The van der Waals surface area contributed by atoms with Crippen LogP contribution >= 0.6 is 11.3 Å². The molecule has 0 aliphatic heterocycles. The number of nitrogen functional groups attached to an aromatic ring is 1. The Morgan fingerprint density at radius 3 is 2.59 bits per heavy atom. The van der Waals surface area contributed by atoms with Gasteiger partial charge < -0.3 is 10.8 Å². The fourth-order valence-corrected chi connectivity index (χ4v) is 2.06. The number of nitrogens with zero attached hydrogens (tertiary/aromatic N) is 1. The maximum absolute atomic E-state index is 11.9. The number of carbonyl (C=O) groups excluding carboxylic acids is 1. The number of hydrogen-bond acceptors (Lipinski definition) is 5. The molecule has 0 spiro atoms. The van der Waals surface area contributed by atoms with Gasteiger partial charge in [0, 0.05) is 5.56 Å². The summed E-state index contributed by atoms with van der Waals surface area (Å²) in [6.45, 7) is 1.96. The minimum atomic E-state index is -0.0781. The van der Waals surface area contributed by atoms with E-state index in [9.17, 15) is 9.90 Å². The van der Waals surface area contributed by atoms with Crippen LogP contribution in [0.4, 0.5) is 5.13 Å². The van der Waals surface area contributed by atoms with Crippen LogP contribution in [0.1, 0.15) is 21.6 Å². The Balaban J connectivity index is 2.17. The molecule has 1 heterocycles. The molecule has 0 saturated carbocycles. The molecule has 1 aromatic carbocycles. The van der Waals surface area contributed by atoms with E-state index in [4.69, 9.17) is 5.73 Å². The Hall–Kier alpha value is -1.88. The molecule has 0 atom stereocenters. The molecule has 3 N–H and O–H groups in total. The number of nitrogens with two attached hydrogens (primary N) is 1. The molecule has 0 unspecified atom stereocenters. The first-order valence-electron chi connectivity index (χ1n) is 5.10. The van der Waals surface area contributed by atoms with Gasteiger partial charge in [-0.25, -0.2) is 4.98 Å². The van der Waals surface area contributed by atoms with Gasteiger partial charge in [-0.05, 0) is 6.92 Å². The molecule has 1 aromatic heterocycles. The van der Waals surface area contributed by atoms with Crippen molar-refractivity contribution in [1.82, 2.24) is 4.98 Å². The van der Waals surface area contributed by atoms with E-state index in [1.165, 1.54) is 0 Å². The summed E-state index contributed by atoms with van der Waals surface area (Å²) in [6, 6.07) is 7.29. The maximum atomic E-state index is 11.9. The van der Waals surface area contributed by atoms with E-state index in [0.717, 1.165) is 16.9 Å².